The second-order valence-electron chi connectivity index (χ2n) is 7.00. The summed E-state index contributed by atoms with van der Waals surface area (Å²) in [5, 5.41) is 2.49. The molecule has 2 heterocycles. The molecule has 0 saturated carbocycles. The number of hydrogen-bond acceptors (Lipinski definition) is 5. The number of hydrogen-bond donors (Lipinski definition) is 1. The highest BCUT2D eigenvalue weighted by Crippen LogP contribution is 2.24. The molecule has 6 heteroatoms. The molecule has 0 aliphatic carbocycles. The van der Waals surface area contributed by atoms with Crippen LogP contribution >= 0.6 is 0 Å². The lowest BCUT2D eigenvalue weighted by atomic mass is 9.80. The lowest BCUT2D eigenvalue weighted by Crippen LogP contribution is -2.43. The molecule has 2 rings (SSSR count). The molecule has 1 amide bonds. The molecule has 2 unspecified atom stereocenters. The third-order valence-electron chi connectivity index (χ3n) is 4.76. The van der Waals surface area contributed by atoms with Crippen molar-refractivity contribution in [1.29, 1.82) is 0 Å². The van der Waals surface area contributed by atoms with Crippen molar-refractivity contribution in [1.82, 2.24) is 5.32 Å². The highest BCUT2D eigenvalue weighted by molar-refractivity contribution is 6.37. The average Bonchev–Trinajstić information content (AvgIpc) is 3.08. The van der Waals surface area contributed by atoms with Crippen LogP contribution in [0.15, 0.2) is 23.0 Å². The minimum atomic E-state index is -0.610. The van der Waals surface area contributed by atoms with Gasteiger partial charge in [-0.25, -0.2) is 0 Å². The number of nitrogens with one attached hydrogen (secondary N) is 1. The summed E-state index contributed by atoms with van der Waals surface area (Å²) in [6.45, 7) is 4.22. The van der Waals surface area contributed by atoms with Crippen molar-refractivity contribution < 1.29 is 23.6 Å². The van der Waals surface area contributed by atoms with E-state index in [9.17, 15) is 19.2 Å². The molecule has 136 valence electrons. The van der Waals surface area contributed by atoms with Crippen molar-refractivity contribution in [2.45, 2.75) is 46.0 Å². The Morgan fingerprint density at radius 1 is 1.32 bits per heavy atom. The van der Waals surface area contributed by atoms with Crippen LogP contribution in [-0.4, -0.2) is 29.8 Å². The van der Waals surface area contributed by atoms with Crippen LogP contribution in [0.1, 0.15) is 45.1 Å². The summed E-state index contributed by atoms with van der Waals surface area (Å²) >= 11 is 0. The van der Waals surface area contributed by atoms with Crippen molar-refractivity contribution >= 4 is 23.3 Å². The smallest absolute Gasteiger partial charge is 0.287 e. The summed E-state index contributed by atoms with van der Waals surface area (Å²) in [6.07, 6.45) is 4.84. The zero-order valence-electron chi connectivity index (χ0n) is 14.7. The quantitative estimate of drug-likeness (QED) is 0.691. The number of carbonyl (C=O) groups excluding carboxylic acids is 4. The van der Waals surface area contributed by atoms with Gasteiger partial charge in [-0.1, -0.05) is 13.8 Å². The first kappa shape index (κ1) is 19.1. The van der Waals surface area contributed by atoms with E-state index in [4.69, 9.17) is 4.42 Å². The van der Waals surface area contributed by atoms with E-state index < -0.39 is 23.5 Å². The molecule has 0 spiro atoms. The van der Waals surface area contributed by atoms with E-state index >= 15 is 0 Å². The lowest BCUT2D eigenvalue weighted by Gasteiger charge is -2.24. The van der Waals surface area contributed by atoms with Crippen LogP contribution in [0.3, 0.4) is 0 Å². The van der Waals surface area contributed by atoms with E-state index in [1.807, 2.05) is 19.9 Å². The van der Waals surface area contributed by atoms with Gasteiger partial charge in [0.25, 0.3) is 5.91 Å². The van der Waals surface area contributed by atoms with Gasteiger partial charge in [-0.15, -0.1) is 0 Å². The van der Waals surface area contributed by atoms with Crippen LogP contribution in [0.5, 0.6) is 0 Å². The third kappa shape index (κ3) is 5.37. The molecule has 2 atom stereocenters. The minimum absolute atomic E-state index is 0.0119. The molecule has 0 bridgehead atoms. The van der Waals surface area contributed by atoms with E-state index in [1.165, 1.54) is 0 Å². The molecule has 1 aromatic heterocycles. The zero-order chi connectivity index (χ0) is 18.4. The number of ketones is 3. The fourth-order valence-electron chi connectivity index (χ4n) is 3.14. The van der Waals surface area contributed by atoms with Gasteiger partial charge in [-0.05, 0) is 30.4 Å². The second-order valence-corrected chi connectivity index (χ2v) is 7.00. The van der Waals surface area contributed by atoms with Gasteiger partial charge >= 0.3 is 0 Å². The molecule has 1 aliphatic rings. The summed E-state index contributed by atoms with van der Waals surface area (Å²) in [5.74, 6) is -2.15. The van der Waals surface area contributed by atoms with Crippen LogP contribution in [-0.2, 0) is 25.6 Å². The summed E-state index contributed by atoms with van der Waals surface area (Å²) in [4.78, 5) is 48.2. The summed E-state index contributed by atoms with van der Waals surface area (Å²) in [5.41, 5.74) is 0.958. The van der Waals surface area contributed by atoms with Crippen molar-refractivity contribution in [3.05, 3.63) is 24.2 Å². The highest BCUT2D eigenvalue weighted by atomic mass is 16.3. The Morgan fingerprint density at radius 2 is 2.08 bits per heavy atom. The van der Waals surface area contributed by atoms with Gasteiger partial charge < -0.3 is 9.73 Å². The predicted molar refractivity (Wildman–Crippen MR) is 90.7 cm³/mol. The molecular formula is C19H25NO5. The molecule has 25 heavy (non-hydrogen) atoms. The maximum Gasteiger partial charge on any atom is 0.287 e. The SMILES string of the molecule is CC(C)C(CC(=O)CCc1ccoc1)C(=O)CC1CCNC(=O)C1=O. The topological polar surface area (TPSA) is 93.4 Å². The Morgan fingerprint density at radius 3 is 2.72 bits per heavy atom. The standard InChI is InChI=1S/C19H25NO5/c1-12(2)16(10-15(21)4-3-13-6-8-25-11-13)17(22)9-14-5-7-20-19(24)18(14)23/h6,8,11-12,14,16H,3-5,7,9-10H2,1-2H3,(H,20,24). The Bertz CT molecular complexity index is 632. The van der Waals surface area contributed by atoms with E-state index in [1.54, 1.807) is 12.5 Å². The first-order valence-electron chi connectivity index (χ1n) is 8.76. The molecule has 0 aromatic carbocycles. The van der Waals surface area contributed by atoms with Crippen molar-refractivity contribution in [3.8, 4) is 0 Å². The van der Waals surface area contributed by atoms with Gasteiger partial charge in [-0.2, -0.15) is 0 Å². The van der Waals surface area contributed by atoms with Crippen molar-refractivity contribution in [2.24, 2.45) is 17.8 Å². The lowest BCUT2D eigenvalue weighted by molar-refractivity contribution is -0.143. The monoisotopic (exact) mass is 347 g/mol. The van der Waals surface area contributed by atoms with Crippen LogP contribution in [0.25, 0.3) is 0 Å². The Labute approximate surface area is 147 Å². The number of piperidine rings is 1. The van der Waals surface area contributed by atoms with Crippen LogP contribution in [0.4, 0.5) is 0 Å². The van der Waals surface area contributed by atoms with Gasteiger partial charge in [0.15, 0.2) is 0 Å². The van der Waals surface area contributed by atoms with Gasteiger partial charge in [0, 0.05) is 37.6 Å². The molecule has 1 saturated heterocycles. The zero-order valence-corrected chi connectivity index (χ0v) is 14.7. The summed E-state index contributed by atoms with van der Waals surface area (Å²) in [7, 11) is 0. The van der Waals surface area contributed by atoms with Crippen molar-refractivity contribution in [2.75, 3.05) is 6.54 Å². The molecule has 1 N–H and O–H groups in total. The fraction of sp³-hybridized carbons (Fsp3) is 0.579. The molecule has 1 aromatic rings. The minimum Gasteiger partial charge on any atom is -0.472 e. The molecule has 1 aliphatic heterocycles. The number of carbonyl (C=O) groups is 4. The van der Waals surface area contributed by atoms with Gasteiger partial charge in [0.05, 0.1) is 12.5 Å². The maximum atomic E-state index is 12.6. The fourth-order valence-corrected chi connectivity index (χ4v) is 3.14. The summed E-state index contributed by atoms with van der Waals surface area (Å²) < 4.78 is 4.98. The predicted octanol–water partition coefficient (Wildman–Crippen LogP) is 2.11. The number of Topliss-reactive ketones (excluding diaryl/α,β-unsaturated/α-hetero) is 3. The Hall–Kier alpha value is -2.24. The number of furan rings is 1. The Kier molecular flexibility index (Phi) is 6.67. The maximum absolute atomic E-state index is 12.6. The van der Waals surface area contributed by atoms with Crippen LogP contribution in [0.2, 0.25) is 0 Å². The largest absolute Gasteiger partial charge is 0.472 e. The van der Waals surface area contributed by atoms with Gasteiger partial charge in [-0.3, -0.25) is 19.2 Å². The molecular weight excluding hydrogens is 322 g/mol. The number of amides is 1. The first-order chi connectivity index (χ1) is 11.9. The Balaban J connectivity index is 1.90. The van der Waals surface area contributed by atoms with Gasteiger partial charge in [0.1, 0.15) is 11.6 Å². The average molecular weight is 347 g/mol. The normalized spacial score (nSPS) is 18.9. The van der Waals surface area contributed by atoms with Crippen LogP contribution in [0, 0.1) is 17.8 Å². The van der Waals surface area contributed by atoms with Gasteiger partial charge in [0.2, 0.25) is 5.78 Å². The highest BCUT2D eigenvalue weighted by Gasteiger charge is 2.34. The molecule has 0 radical (unpaired) electrons. The molecule has 6 nitrogen and oxygen atoms in total. The van der Waals surface area contributed by atoms with E-state index in [-0.39, 0.29) is 30.3 Å². The number of rotatable bonds is 9. The van der Waals surface area contributed by atoms with Crippen molar-refractivity contribution in [3.63, 3.8) is 0 Å². The third-order valence-corrected chi connectivity index (χ3v) is 4.76. The second kappa shape index (κ2) is 8.74. The number of aryl methyl sites for hydroxylation is 1. The van der Waals surface area contributed by atoms with E-state index in [0.29, 0.717) is 25.8 Å². The molecule has 1 fully saturated rings. The van der Waals surface area contributed by atoms with E-state index in [2.05, 4.69) is 5.32 Å². The summed E-state index contributed by atoms with van der Waals surface area (Å²) in [6, 6.07) is 1.82. The van der Waals surface area contributed by atoms with E-state index in [0.717, 1.165) is 5.56 Å². The van der Waals surface area contributed by atoms with Crippen LogP contribution < -0.4 is 5.32 Å². The first-order valence-corrected chi connectivity index (χ1v) is 8.76.